The van der Waals surface area contributed by atoms with E-state index in [1.807, 2.05) is 0 Å². The highest BCUT2D eigenvalue weighted by Gasteiger charge is 2.07. The molecule has 0 aromatic carbocycles. The van der Waals surface area contributed by atoms with Crippen LogP contribution < -0.4 is 0 Å². The molecule has 0 N–H and O–H groups in total. The van der Waals surface area contributed by atoms with Crippen LogP contribution >= 0.6 is 0 Å². The van der Waals surface area contributed by atoms with Gasteiger partial charge in [-0.1, -0.05) is 26.5 Å². The van der Waals surface area contributed by atoms with E-state index in [1.54, 1.807) is 5.57 Å². The van der Waals surface area contributed by atoms with Gasteiger partial charge in [0.2, 0.25) is 0 Å². The van der Waals surface area contributed by atoms with Gasteiger partial charge in [-0.25, -0.2) is 0 Å². The van der Waals surface area contributed by atoms with Gasteiger partial charge in [0.25, 0.3) is 0 Å². The third-order valence-corrected chi connectivity index (χ3v) is 3.37. The van der Waals surface area contributed by atoms with Gasteiger partial charge in [0.15, 0.2) is 0 Å². The van der Waals surface area contributed by atoms with E-state index in [-0.39, 0.29) is 14.9 Å². The number of rotatable bonds is 0. The zero-order valence-corrected chi connectivity index (χ0v) is 11.4. The van der Waals surface area contributed by atoms with Crippen molar-refractivity contribution < 1.29 is 0 Å². The average molecular weight is 257 g/mol. The molecular weight excluding hydrogens is 222 g/mol. The highest BCUT2D eigenvalue weighted by molar-refractivity contribution is 5.02. The predicted octanol–water partition coefficient (Wildman–Crippen LogP) is 2.40. The first kappa shape index (κ1) is 19.9. The van der Waals surface area contributed by atoms with E-state index < -0.39 is 0 Å². The van der Waals surface area contributed by atoms with E-state index in [4.69, 9.17) is 0 Å². The third-order valence-electron chi connectivity index (χ3n) is 3.37. The second kappa shape index (κ2) is 10.5. The van der Waals surface area contributed by atoms with Crippen LogP contribution in [-0.2, 0) is 0 Å². The van der Waals surface area contributed by atoms with Gasteiger partial charge in [0.1, 0.15) is 0 Å². The quantitative estimate of drug-likeness (QED) is 0.617. The van der Waals surface area contributed by atoms with Gasteiger partial charge >= 0.3 is 0 Å². The summed E-state index contributed by atoms with van der Waals surface area (Å²) < 4.78 is 0. The first-order valence-corrected chi connectivity index (χ1v) is 6.29. The van der Waals surface area contributed by atoms with Crippen LogP contribution in [0.15, 0.2) is 11.6 Å². The molecular formula is C15H35N3. The van der Waals surface area contributed by atoms with Crippen LogP contribution in [0.2, 0.25) is 0 Å². The molecule has 0 amide bonds. The van der Waals surface area contributed by atoms with Gasteiger partial charge in [-0.15, -0.1) is 0 Å². The highest BCUT2D eigenvalue weighted by atomic mass is 15.2. The summed E-state index contributed by atoms with van der Waals surface area (Å²) in [5.74, 6) is 0. The molecule has 0 aromatic rings. The SMILES string of the molecule is C.C.CC1=CCN(C)CC1.CN1CCN(C)CC1. The van der Waals surface area contributed by atoms with Crippen LogP contribution in [-0.4, -0.2) is 75.1 Å². The highest BCUT2D eigenvalue weighted by Crippen LogP contribution is 2.06. The summed E-state index contributed by atoms with van der Waals surface area (Å²) in [7, 11) is 6.50. The molecule has 2 aliphatic rings. The van der Waals surface area contributed by atoms with Crippen molar-refractivity contribution in [2.24, 2.45) is 0 Å². The van der Waals surface area contributed by atoms with E-state index in [0.717, 1.165) is 6.54 Å². The molecule has 0 unspecified atom stereocenters. The molecule has 18 heavy (non-hydrogen) atoms. The molecule has 110 valence electrons. The van der Waals surface area contributed by atoms with Crippen LogP contribution in [0.3, 0.4) is 0 Å². The second-order valence-electron chi connectivity index (χ2n) is 5.17. The van der Waals surface area contributed by atoms with Crippen molar-refractivity contribution in [3.05, 3.63) is 11.6 Å². The summed E-state index contributed by atoms with van der Waals surface area (Å²) in [5, 5.41) is 0. The predicted molar refractivity (Wildman–Crippen MR) is 84.3 cm³/mol. The molecule has 3 nitrogen and oxygen atoms in total. The maximum absolute atomic E-state index is 2.36. The summed E-state index contributed by atoms with van der Waals surface area (Å²) in [5.41, 5.74) is 1.54. The largest absolute Gasteiger partial charge is 0.304 e. The van der Waals surface area contributed by atoms with Gasteiger partial charge in [0, 0.05) is 39.3 Å². The molecule has 0 spiro atoms. The van der Waals surface area contributed by atoms with Crippen molar-refractivity contribution in [3.8, 4) is 0 Å². The molecule has 1 saturated heterocycles. The Morgan fingerprint density at radius 3 is 1.50 bits per heavy atom. The first-order chi connectivity index (χ1) is 7.58. The van der Waals surface area contributed by atoms with Gasteiger partial charge < -0.3 is 14.7 Å². The maximum atomic E-state index is 2.36. The van der Waals surface area contributed by atoms with Crippen LogP contribution in [0.25, 0.3) is 0 Å². The average Bonchev–Trinajstić information content (AvgIpc) is 2.28. The van der Waals surface area contributed by atoms with Crippen molar-refractivity contribution >= 4 is 0 Å². The third kappa shape index (κ3) is 8.67. The minimum absolute atomic E-state index is 0. The first-order valence-electron chi connectivity index (χ1n) is 6.29. The fourth-order valence-electron chi connectivity index (χ4n) is 1.78. The summed E-state index contributed by atoms with van der Waals surface area (Å²) in [6, 6.07) is 0. The molecule has 0 saturated carbocycles. The standard InChI is InChI=1S/C7H13N.C6H14N2.2CH4/c2*1-7-3-5-8(2)6-4-7;;/h3H,4-6H2,1-2H3;3-6H2,1-2H3;2*1H4. The molecule has 0 aromatic heterocycles. The number of hydrogen-bond donors (Lipinski definition) is 0. The number of nitrogens with zero attached hydrogens (tertiary/aromatic N) is 3. The Hall–Kier alpha value is -0.380. The van der Waals surface area contributed by atoms with E-state index in [0.29, 0.717) is 0 Å². The molecule has 2 heterocycles. The number of likely N-dealkylation sites (N-methyl/N-ethyl adjacent to an activating group) is 3. The lowest BCUT2D eigenvalue weighted by atomic mass is 10.1. The van der Waals surface area contributed by atoms with Crippen LogP contribution in [0.4, 0.5) is 0 Å². The van der Waals surface area contributed by atoms with E-state index in [9.17, 15) is 0 Å². The summed E-state index contributed by atoms with van der Waals surface area (Å²) >= 11 is 0. The minimum Gasteiger partial charge on any atom is -0.304 e. The Balaban J connectivity index is 0. The van der Waals surface area contributed by atoms with E-state index in [1.165, 1.54) is 39.1 Å². The van der Waals surface area contributed by atoms with Crippen molar-refractivity contribution in [1.82, 2.24) is 14.7 Å². The summed E-state index contributed by atoms with van der Waals surface area (Å²) in [6.45, 7) is 9.52. The fraction of sp³-hybridized carbons (Fsp3) is 0.867. The zero-order chi connectivity index (χ0) is 12.0. The minimum atomic E-state index is 0. The molecule has 2 rings (SSSR count). The Morgan fingerprint density at radius 1 is 0.778 bits per heavy atom. The Kier molecular flexibility index (Phi) is 11.7. The molecule has 0 radical (unpaired) electrons. The number of piperazine rings is 1. The van der Waals surface area contributed by atoms with Crippen molar-refractivity contribution in [2.45, 2.75) is 28.2 Å². The van der Waals surface area contributed by atoms with Crippen molar-refractivity contribution in [1.29, 1.82) is 0 Å². The molecule has 3 heteroatoms. The van der Waals surface area contributed by atoms with Crippen LogP contribution in [0.1, 0.15) is 28.2 Å². The van der Waals surface area contributed by atoms with Gasteiger partial charge in [0.05, 0.1) is 0 Å². The Morgan fingerprint density at radius 2 is 1.22 bits per heavy atom. The van der Waals surface area contributed by atoms with Crippen LogP contribution in [0, 0.1) is 0 Å². The maximum Gasteiger partial charge on any atom is 0.0162 e. The Bertz CT molecular complexity index is 208. The van der Waals surface area contributed by atoms with E-state index in [2.05, 4.69) is 48.8 Å². The Labute approximate surface area is 115 Å². The van der Waals surface area contributed by atoms with Gasteiger partial charge in [-0.3, -0.25) is 0 Å². The molecule has 0 atom stereocenters. The zero-order valence-electron chi connectivity index (χ0n) is 11.4. The molecule has 2 aliphatic heterocycles. The van der Waals surface area contributed by atoms with Gasteiger partial charge in [-0.05, 0) is 34.5 Å². The van der Waals surface area contributed by atoms with E-state index >= 15 is 0 Å². The van der Waals surface area contributed by atoms with Crippen molar-refractivity contribution in [3.63, 3.8) is 0 Å². The summed E-state index contributed by atoms with van der Waals surface area (Å²) in [6.07, 6.45) is 3.56. The monoisotopic (exact) mass is 257 g/mol. The lowest BCUT2D eigenvalue weighted by molar-refractivity contribution is 0.181. The number of hydrogen-bond acceptors (Lipinski definition) is 3. The fourth-order valence-corrected chi connectivity index (χ4v) is 1.78. The molecule has 0 aliphatic carbocycles. The second-order valence-corrected chi connectivity index (χ2v) is 5.17. The normalized spacial score (nSPS) is 21.9. The van der Waals surface area contributed by atoms with Crippen LogP contribution in [0.5, 0.6) is 0 Å². The lowest BCUT2D eigenvalue weighted by Gasteiger charge is -2.28. The topological polar surface area (TPSA) is 9.72 Å². The lowest BCUT2D eigenvalue weighted by Crippen LogP contribution is -2.42. The summed E-state index contributed by atoms with van der Waals surface area (Å²) in [4.78, 5) is 7.05. The van der Waals surface area contributed by atoms with Crippen molar-refractivity contribution in [2.75, 3.05) is 60.4 Å². The smallest absolute Gasteiger partial charge is 0.0162 e. The van der Waals surface area contributed by atoms with Gasteiger partial charge in [-0.2, -0.15) is 0 Å². The molecule has 1 fully saturated rings. The molecule has 0 bridgehead atoms.